The summed E-state index contributed by atoms with van der Waals surface area (Å²) in [6.45, 7) is 2.93. The first-order chi connectivity index (χ1) is 6.56. The third-order valence-corrected chi connectivity index (χ3v) is 4.40. The average Bonchev–Trinajstić information content (AvgIpc) is 2.19. The summed E-state index contributed by atoms with van der Waals surface area (Å²) in [4.78, 5) is 0. The van der Waals surface area contributed by atoms with Gasteiger partial charge in [-0.25, -0.2) is 12.7 Å². The van der Waals surface area contributed by atoms with Crippen molar-refractivity contribution in [3.8, 4) is 0 Å². The van der Waals surface area contributed by atoms with Crippen molar-refractivity contribution in [3.05, 3.63) is 0 Å². The van der Waals surface area contributed by atoms with Gasteiger partial charge in [0.05, 0.1) is 11.9 Å². The van der Waals surface area contributed by atoms with E-state index in [2.05, 4.69) is 0 Å². The fourth-order valence-electron chi connectivity index (χ4n) is 1.57. The molecular formula is C9H19NO3S. The topological polar surface area (TPSA) is 46.6 Å². The molecule has 1 unspecified atom stereocenters. The third kappa shape index (κ3) is 3.22. The molecular weight excluding hydrogens is 202 g/mol. The molecule has 84 valence electrons. The maximum Gasteiger partial charge on any atom is 0.213 e. The zero-order chi connectivity index (χ0) is 10.6. The minimum absolute atomic E-state index is 0.0927. The molecule has 0 amide bonds. The molecule has 1 aliphatic rings. The molecule has 0 aromatic heterocycles. The number of likely N-dealkylation sites (N-methyl/N-ethyl adjacent to an activating group) is 1. The van der Waals surface area contributed by atoms with Crippen LogP contribution in [0.15, 0.2) is 0 Å². The molecule has 0 aromatic rings. The van der Waals surface area contributed by atoms with Crippen LogP contribution in [0.2, 0.25) is 0 Å². The van der Waals surface area contributed by atoms with E-state index >= 15 is 0 Å². The van der Waals surface area contributed by atoms with E-state index in [0.29, 0.717) is 6.54 Å². The Morgan fingerprint density at radius 3 is 2.64 bits per heavy atom. The molecule has 1 heterocycles. The lowest BCUT2D eigenvalue weighted by molar-refractivity contribution is 0.00860. The highest BCUT2D eigenvalue weighted by molar-refractivity contribution is 7.89. The Hall–Kier alpha value is -0.130. The van der Waals surface area contributed by atoms with Crippen LogP contribution < -0.4 is 0 Å². The number of hydrogen-bond donors (Lipinski definition) is 0. The predicted octanol–water partition coefficient (Wildman–Crippen LogP) is 0.837. The Labute approximate surface area is 86.3 Å². The summed E-state index contributed by atoms with van der Waals surface area (Å²) in [6.07, 6.45) is 3.31. The molecule has 0 aliphatic carbocycles. The van der Waals surface area contributed by atoms with Crippen LogP contribution in [0.25, 0.3) is 0 Å². The summed E-state index contributed by atoms with van der Waals surface area (Å²) < 4.78 is 29.8. The van der Waals surface area contributed by atoms with Gasteiger partial charge in [-0.1, -0.05) is 0 Å². The van der Waals surface area contributed by atoms with Crippen molar-refractivity contribution in [1.82, 2.24) is 4.31 Å². The molecule has 1 atom stereocenters. The number of sulfonamides is 1. The Morgan fingerprint density at radius 2 is 2.14 bits per heavy atom. The first kappa shape index (κ1) is 11.9. The molecule has 0 N–H and O–H groups in total. The van der Waals surface area contributed by atoms with Gasteiger partial charge < -0.3 is 4.74 Å². The van der Waals surface area contributed by atoms with Gasteiger partial charge in [0.2, 0.25) is 10.0 Å². The lowest BCUT2D eigenvalue weighted by atomic mass is 10.1. The molecule has 1 aliphatic heterocycles. The molecule has 1 fully saturated rings. The van der Waals surface area contributed by atoms with E-state index in [-0.39, 0.29) is 11.9 Å². The van der Waals surface area contributed by atoms with Gasteiger partial charge in [0.25, 0.3) is 0 Å². The highest BCUT2D eigenvalue weighted by atomic mass is 32.2. The van der Waals surface area contributed by atoms with Gasteiger partial charge >= 0.3 is 0 Å². The van der Waals surface area contributed by atoms with Gasteiger partial charge in [-0.15, -0.1) is 0 Å². The minimum Gasteiger partial charge on any atom is -0.377 e. The summed E-state index contributed by atoms with van der Waals surface area (Å²) in [5.74, 6) is 0.163. The van der Waals surface area contributed by atoms with Crippen molar-refractivity contribution in [2.24, 2.45) is 0 Å². The first-order valence-corrected chi connectivity index (χ1v) is 6.73. The van der Waals surface area contributed by atoms with E-state index in [4.69, 9.17) is 4.74 Å². The van der Waals surface area contributed by atoms with Crippen molar-refractivity contribution < 1.29 is 13.2 Å². The number of nitrogens with zero attached hydrogens (tertiary/aromatic N) is 1. The summed E-state index contributed by atoms with van der Waals surface area (Å²) in [7, 11) is -1.42. The highest BCUT2D eigenvalue weighted by Gasteiger charge is 2.21. The van der Waals surface area contributed by atoms with E-state index in [1.54, 1.807) is 14.0 Å². The van der Waals surface area contributed by atoms with Crippen molar-refractivity contribution in [2.45, 2.75) is 32.3 Å². The van der Waals surface area contributed by atoms with Crippen LogP contribution in [-0.2, 0) is 14.8 Å². The summed E-state index contributed by atoms with van der Waals surface area (Å²) in [6, 6.07) is 0. The van der Waals surface area contributed by atoms with E-state index in [1.807, 2.05) is 0 Å². The second kappa shape index (κ2) is 5.09. The first-order valence-electron chi connectivity index (χ1n) is 5.12. The van der Waals surface area contributed by atoms with E-state index in [1.165, 1.54) is 4.31 Å². The van der Waals surface area contributed by atoms with Crippen molar-refractivity contribution >= 4 is 10.0 Å². The van der Waals surface area contributed by atoms with Crippen LogP contribution in [0, 0.1) is 0 Å². The summed E-state index contributed by atoms with van der Waals surface area (Å²) >= 11 is 0. The quantitative estimate of drug-likeness (QED) is 0.706. The van der Waals surface area contributed by atoms with Crippen molar-refractivity contribution in [2.75, 3.05) is 26.0 Å². The van der Waals surface area contributed by atoms with Crippen molar-refractivity contribution in [3.63, 3.8) is 0 Å². The van der Waals surface area contributed by atoms with E-state index in [0.717, 1.165) is 25.9 Å². The monoisotopic (exact) mass is 221 g/mol. The fourth-order valence-corrected chi connectivity index (χ4v) is 2.41. The molecule has 1 saturated heterocycles. The van der Waals surface area contributed by atoms with Gasteiger partial charge in [0.1, 0.15) is 0 Å². The largest absolute Gasteiger partial charge is 0.377 e. The minimum atomic E-state index is -3.04. The standard InChI is InChI=1S/C9H19NO3S/c1-3-14(11,12)10(2)8-9-6-4-5-7-13-9/h9H,3-8H2,1-2H3. The fraction of sp³-hybridized carbons (Fsp3) is 1.00. The second-order valence-corrected chi connectivity index (χ2v) is 6.03. The Morgan fingerprint density at radius 1 is 1.43 bits per heavy atom. The number of hydrogen-bond acceptors (Lipinski definition) is 3. The van der Waals surface area contributed by atoms with Gasteiger partial charge in [-0.3, -0.25) is 0 Å². The van der Waals surface area contributed by atoms with Gasteiger partial charge in [-0.05, 0) is 26.2 Å². The Kier molecular flexibility index (Phi) is 4.34. The van der Waals surface area contributed by atoms with Crippen LogP contribution >= 0.6 is 0 Å². The predicted molar refractivity (Wildman–Crippen MR) is 55.7 cm³/mol. The lowest BCUT2D eigenvalue weighted by Crippen LogP contribution is -2.37. The average molecular weight is 221 g/mol. The van der Waals surface area contributed by atoms with Crippen molar-refractivity contribution in [1.29, 1.82) is 0 Å². The second-order valence-electron chi connectivity index (χ2n) is 3.67. The molecule has 0 spiro atoms. The van der Waals surface area contributed by atoms with Crippen LogP contribution in [0.3, 0.4) is 0 Å². The summed E-state index contributed by atoms with van der Waals surface area (Å²) in [5.41, 5.74) is 0. The normalized spacial score (nSPS) is 24.1. The van der Waals surface area contributed by atoms with Crippen LogP contribution in [0.5, 0.6) is 0 Å². The molecule has 4 nitrogen and oxygen atoms in total. The lowest BCUT2D eigenvalue weighted by Gasteiger charge is -2.26. The van der Waals surface area contributed by atoms with E-state index < -0.39 is 10.0 Å². The molecule has 14 heavy (non-hydrogen) atoms. The van der Waals surface area contributed by atoms with Crippen LogP contribution in [0.4, 0.5) is 0 Å². The molecule has 0 bridgehead atoms. The van der Waals surface area contributed by atoms with Gasteiger partial charge in [0.15, 0.2) is 0 Å². The third-order valence-electron chi connectivity index (χ3n) is 2.57. The maximum absolute atomic E-state index is 11.4. The Balaban J connectivity index is 2.43. The van der Waals surface area contributed by atoms with Crippen LogP contribution in [0.1, 0.15) is 26.2 Å². The van der Waals surface area contributed by atoms with E-state index in [9.17, 15) is 8.42 Å². The van der Waals surface area contributed by atoms with Gasteiger partial charge in [0, 0.05) is 20.2 Å². The zero-order valence-electron chi connectivity index (χ0n) is 8.90. The SMILES string of the molecule is CCS(=O)(=O)N(C)CC1CCCCO1. The maximum atomic E-state index is 11.4. The molecule has 0 radical (unpaired) electrons. The number of rotatable bonds is 4. The molecule has 0 aromatic carbocycles. The summed E-state index contributed by atoms with van der Waals surface area (Å²) in [5, 5.41) is 0. The Bertz CT molecular complexity index is 257. The number of ether oxygens (including phenoxy) is 1. The molecule has 5 heteroatoms. The highest BCUT2D eigenvalue weighted by Crippen LogP contribution is 2.14. The van der Waals surface area contributed by atoms with Gasteiger partial charge in [-0.2, -0.15) is 0 Å². The van der Waals surface area contributed by atoms with Crippen LogP contribution in [-0.4, -0.2) is 44.8 Å². The molecule has 0 saturated carbocycles. The smallest absolute Gasteiger partial charge is 0.213 e. The molecule has 1 rings (SSSR count). The zero-order valence-corrected chi connectivity index (χ0v) is 9.72.